The number of aliphatic hydroxyl groups excluding tert-OH is 1. The number of carbonyl (C=O) groups is 4. The summed E-state index contributed by atoms with van der Waals surface area (Å²) in [6.45, 7) is 5.65. The fourth-order valence-corrected chi connectivity index (χ4v) is 5.51. The van der Waals surface area contributed by atoms with Crippen LogP contribution in [0.2, 0.25) is 0 Å². The van der Waals surface area contributed by atoms with Gasteiger partial charge in [0, 0.05) is 26.1 Å². The number of amides is 3. The van der Waals surface area contributed by atoms with Crippen LogP contribution in [0.1, 0.15) is 80.8 Å². The van der Waals surface area contributed by atoms with E-state index in [1.807, 2.05) is 23.1 Å². The predicted molar refractivity (Wildman–Crippen MR) is 162 cm³/mol. The number of β-amino-alcohol motifs (C(OH)–C–C–N with tert-alkyl or cyclic N) is 1. The maximum atomic E-state index is 13.8. The number of aryl methyl sites for hydroxylation is 1. The standard InChI is InChI=1S/C32H45N5O7/c1-32(2,3)28(35-26(39)19-44-20-27(40)41)31(43)37-18-23(38)15-25(37)29-33-16-24(34-29)30(42)36(17-22-12-13-22)14-8-7-11-21-9-5-4-6-10-21/h4-6,9-10,16,22-23,25,28,38H,7-8,11-15,17-20H2,1-3H3,(H,33,34)(H,35,39)(H,40,41)/t23-,25+,28-/m1/s1. The summed E-state index contributed by atoms with van der Waals surface area (Å²) >= 11 is 0. The number of unbranched alkanes of at least 4 members (excludes halogenated alkanes) is 1. The number of likely N-dealkylation sites (tertiary alicyclic amines) is 1. The molecule has 1 aromatic heterocycles. The van der Waals surface area contributed by atoms with Crippen LogP contribution in [-0.4, -0.2) is 98.7 Å². The van der Waals surface area contributed by atoms with Crippen molar-refractivity contribution in [2.75, 3.05) is 32.8 Å². The molecule has 2 heterocycles. The normalized spacial score (nSPS) is 19.0. The van der Waals surface area contributed by atoms with Crippen molar-refractivity contribution in [3.05, 3.63) is 53.6 Å². The molecule has 4 rings (SSSR count). The van der Waals surface area contributed by atoms with Gasteiger partial charge in [-0.05, 0) is 49.0 Å². The van der Waals surface area contributed by atoms with Crippen LogP contribution >= 0.6 is 0 Å². The van der Waals surface area contributed by atoms with Crippen LogP contribution < -0.4 is 5.32 Å². The van der Waals surface area contributed by atoms with Crippen LogP contribution in [-0.2, 0) is 25.5 Å². The summed E-state index contributed by atoms with van der Waals surface area (Å²) in [6.07, 6.45) is 5.97. The number of rotatable bonds is 15. The summed E-state index contributed by atoms with van der Waals surface area (Å²) in [4.78, 5) is 61.6. The average molecular weight is 612 g/mol. The number of hydrogen-bond donors (Lipinski definition) is 4. The number of aromatic nitrogens is 2. The van der Waals surface area contributed by atoms with Gasteiger partial charge in [0.25, 0.3) is 5.91 Å². The first-order chi connectivity index (χ1) is 20.9. The lowest BCUT2D eigenvalue weighted by atomic mass is 9.85. The fraction of sp³-hybridized carbons (Fsp3) is 0.594. The summed E-state index contributed by atoms with van der Waals surface area (Å²) in [5, 5.41) is 22.0. The molecule has 0 unspecified atom stereocenters. The molecule has 3 atom stereocenters. The van der Waals surface area contributed by atoms with Gasteiger partial charge in [-0.3, -0.25) is 14.4 Å². The molecule has 2 fully saturated rings. The van der Waals surface area contributed by atoms with Crippen LogP contribution in [0.3, 0.4) is 0 Å². The SMILES string of the molecule is CC(C)(C)[C@H](NC(=O)COCC(=O)O)C(=O)N1C[C@H](O)C[C@H]1c1ncc(C(=O)N(CCCCc2ccccc2)CC2CC2)[nH]1. The highest BCUT2D eigenvalue weighted by molar-refractivity contribution is 5.92. The molecular weight excluding hydrogens is 566 g/mol. The zero-order valence-corrected chi connectivity index (χ0v) is 25.8. The van der Waals surface area contributed by atoms with E-state index >= 15 is 0 Å². The molecule has 0 bridgehead atoms. The highest BCUT2D eigenvalue weighted by Crippen LogP contribution is 2.34. The molecule has 3 amide bonds. The quantitative estimate of drug-likeness (QED) is 0.223. The van der Waals surface area contributed by atoms with E-state index in [-0.39, 0.29) is 18.9 Å². The molecule has 1 saturated heterocycles. The Labute approximate surface area is 258 Å². The molecule has 0 spiro atoms. The molecule has 1 saturated carbocycles. The Morgan fingerprint density at radius 3 is 2.52 bits per heavy atom. The number of nitrogens with one attached hydrogen (secondary N) is 2. The zero-order chi connectivity index (χ0) is 31.9. The van der Waals surface area contributed by atoms with Gasteiger partial charge in [-0.2, -0.15) is 0 Å². The number of H-pyrrole nitrogens is 1. The zero-order valence-electron chi connectivity index (χ0n) is 25.8. The lowest BCUT2D eigenvalue weighted by Gasteiger charge is -2.35. The number of carboxylic acids is 1. The topological polar surface area (TPSA) is 165 Å². The molecule has 44 heavy (non-hydrogen) atoms. The van der Waals surface area contributed by atoms with Gasteiger partial charge in [0.05, 0.1) is 18.3 Å². The molecule has 12 heteroatoms. The van der Waals surface area contributed by atoms with Crippen molar-refractivity contribution in [1.29, 1.82) is 0 Å². The highest BCUT2D eigenvalue weighted by Gasteiger charge is 2.43. The Morgan fingerprint density at radius 2 is 1.86 bits per heavy atom. The number of imidazole rings is 1. The van der Waals surface area contributed by atoms with Crippen molar-refractivity contribution < 1.29 is 34.1 Å². The average Bonchev–Trinajstić information content (AvgIpc) is 3.50. The number of aromatic amines is 1. The monoisotopic (exact) mass is 611 g/mol. The van der Waals surface area contributed by atoms with E-state index in [2.05, 4.69) is 27.4 Å². The number of hydrogen-bond acceptors (Lipinski definition) is 7. The van der Waals surface area contributed by atoms with Gasteiger partial charge in [0.2, 0.25) is 11.8 Å². The second-order valence-corrected chi connectivity index (χ2v) is 13.0. The fourth-order valence-electron chi connectivity index (χ4n) is 5.51. The Bertz CT molecular complexity index is 1290. The highest BCUT2D eigenvalue weighted by atomic mass is 16.5. The van der Waals surface area contributed by atoms with Crippen molar-refractivity contribution >= 4 is 23.7 Å². The van der Waals surface area contributed by atoms with E-state index in [0.29, 0.717) is 30.5 Å². The number of aliphatic hydroxyl groups is 1. The lowest BCUT2D eigenvalue weighted by Crippen LogP contribution is -2.55. The first kappa shape index (κ1) is 33.1. The van der Waals surface area contributed by atoms with Crippen LogP contribution in [0.4, 0.5) is 0 Å². The van der Waals surface area contributed by atoms with Crippen LogP contribution in [0, 0.1) is 11.3 Å². The molecule has 4 N–H and O–H groups in total. The minimum absolute atomic E-state index is 0.0423. The largest absolute Gasteiger partial charge is 0.480 e. The number of aliphatic carboxylic acids is 1. The lowest BCUT2D eigenvalue weighted by molar-refractivity contribution is -0.146. The molecule has 0 radical (unpaired) electrons. The number of ether oxygens (including phenoxy) is 1. The van der Waals surface area contributed by atoms with Crippen molar-refractivity contribution in [2.45, 2.75) is 77.5 Å². The summed E-state index contributed by atoms with van der Waals surface area (Å²) < 4.78 is 4.88. The molecule has 1 aliphatic carbocycles. The first-order valence-electron chi connectivity index (χ1n) is 15.4. The Hall–Kier alpha value is -3.77. The second-order valence-electron chi connectivity index (χ2n) is 13.0. The summed E-state index contributed by atoms with van der Waals surface area (Å²) in [5.41, 5.74) is 0.920. The number of carboxylic acid groups (broad SMARTS) is 1. The van der Waals surface area contributed by atoms with Crippen molar-refractivity contribution in [3.8, 4) is 0 Å². The molecule has 12 nitrogen and oxygen atoms in total. The molecule has 1 aromatic carbocycles. The van der Waals surface area contributed by atoms with E-state index in [9.17, 15) is 24.3 Å². The van der Waals surface area contributed by atoms with Gasteiger partial charge in [0.15, 0.2) is 0 Å². The van der Waals surface area contributed by atoms with Crippen molar-refractivity contribution in [1.82, 2.24) is 25.1 Å². The smallest absolute Gasteiger partial charge is 0.329 e. The Balaban J connectivity index is 1.42. The number of benzene rings is 1. The van der Waals surface area contributed by atoms with Crippen LogP contribution in [0.25, 0.3) is 0 Å². The van der Waals surface area contributed by atoms with Gasteiger partial charge < -0.3 is 35.1 Å². The molecular formula is C32H45N5O7. The summed E-state index contributed by atoms with van der Waals surface area (Å²) in [5.74, 6) is -1.45. The second kappa shape index (κ2) is 14.8. The van der Waals surface area contributed by atoms with Gasteiger partial charge >= 0.3 is 5.97 Å². The number of nitrogens with zero attached hydrogens (tertiary/aromatic N) is 3. The van der Waals surface area contributed by atoms with Crippen LogP contribution in [0.15, 0.2) is 36.5 Å². The third-order valence-corrected chi connectivity index (χ3v) is 8.03. The molecule has 2 aliphatic rings. The summed E-state index contributed by atoms with van der Waals surface area (Å²) in [7, 11) is 0. The summed E-state index contributed by atoms with van der Waals surface area (Å²) in [6, 6.07) is 8.70. The van der Waals surface area contributed by atoms with E-state index in [1.54, 1.807) is 20.8 Å². The molecule has 1 aliphatic heterocycles. The van der Waals surface area contributed by atoms with Gasteiger partial charge in [-0.1, -0.05) is 51.1 Å². The molecule has 2 aromatic rings. The minimum atomic E-state index is -1.20. The Morgan fingerprint density at radius 1 is 1.14 bits per heavy atom. The van der Waals surface area contributed by atoms with Gasteiger partial charge in [-0.15, -0.1) is 0 Å². The third kappa shape index (κ3) is 9.36. The maximum Gasteiger partial charge on any atom is 0.329 e. The van der Waals surface area contributed by atoms with Crippen LogP contribution in [0.5, 0.6) is 0 Å². The van der Waals surface area contributed by atoms with E-state index in [0.717, 1.165) is 32.1 Å². The van der Waals surface area contributed by atoms with E-state index in [4.69, 9.17) is 9.84 Å². The molecule has 240 valence electrons. The van der Waals surface area contributed by atoms with E-state index in [1.165, 1.54) is 16.7 Å². The van der Waals surface area contributed by atoms with Gasteiger partial charge in [-0.25, -0.2) is 9.78 Å². The van der Waals surface area contributed by atoms with Crippen molar-refractivity contribution in [3.63, 3.8) is 0 Å². The maximum absolute atomic E-state index is 13.8. The number of carbonyl (C=O) groups excluding carboxylic acids is 3. The third-order valence-electron chi connectivity index (χ3n) is 8.03. The van der Waals surface area contributed by atoms with Crippen molar-refractivity contribution in [2.24, 2.45) is 11.3 Å². The predicted octanol–water partition coefficient (Wildman–Crippen LogP) is 2.55. The van der Waals surface area contributed by atoms with Gasteiger partial charge in [0.1, 0.15) is 30.8 Å². The minimum Gasteiger partial charge on any atom is -0.480 e. The van der Waals surface area contributed by atoms with E-state index < -0.39 is 54.6 Å². The first-order valence-corrected chi connectivity index (χ1v) is 15.4. The Kier molecular flexibility index (Phi) is 11.1.